The predicted molar refractivity (Wildman–Crippen MR) is 230 cm³/mol. The quantitative estimate of drug-likeness (QED) is 0.0244. The van der Waals surface area contributed by atoms with Crippen molar-refractivity contribution in [2.75, 3.05) is 6.61 Å². The number of rotatable bonds is 31. The Bertz CT molecular complexity index is 1320. The maximum atomic E-state index is 18.0. The molecule has 0 unspecified atom stereocenters. The van der Waals surface area contributed by atoms with E-state index in [-0.39, 0.29) is 35.5 Å². The Morgan fingerprint density at radius 1 is 0.473 bits per heavy atom. The summed E-state index contributed by atoms with van der Waals surface area (Å²) in [5.41, 5.74) is -0.120. The van der Waals surface area contributed by atoms with Gasteiger partial charge in [0, 0.05) is 0 Å². The van der Waals surface area contributed by atoms with Crippen LogP contribution in [0.1, 0.15) is 218 Å². The third-order valence-electron chi connectivity index (χ3n) is 13.1. The van der Waals surface area contributed by atoms with Crippen molar-refractivity contribution in [2.24, 2.45) is 21.7 Å². The van der Waals surface area contributed by atoms with E-state index in [1.54, 1.807) is 20.8 Å². The second-order valence-corrected chi connectivity index (χ2v) is 39.6. The normalized spacial score (nSPS) is 16.0. The topological polar surface area (TPSA) is 107 Å². The molecule has 0 aliphatic rings. The van der Waals surface area contributed by atoms with Crippen molar-refractivity contribution in [3.05, 3.63) is 25.3 Å². The van der Waals surface area contributed by atoms with Gasteiger partial charge in [-0.2, -0.15) is 0 Å². The molecular weight excluding hydrogens is 724 g/mol. The Labute approximate surface area is 333 Å². The van der Waals surface area contributed by atoms with Crippen molar-refractivity contribution in [1.82, 2.24) is 0 Å². The van der Waals surface area contributed by atoms with Gasteiger partial charge in [-0.1, -0.05) is 0 Å². The van der Waals surface area contributed by atoms with Crippen molar-refractivity contribution >= 4 is 12.3 Å². The van der Waals surface area contributed by atoms with Crippen LogP contribution in [-0.4, -0.2) is 24.1 Å². The monoisotopic (exact) mass is 816 g/mol. The fourth-order valence-corrected chi connectivity index (χ4v) is 24.6. The van der Waals surface area contributed by atoms with E-state index in [2.05, 4.69) is 75.5 Å². The third kappa shape index (κ3) is 11.8. The molecule has 0 radical (unpaired) electrons. The molecule has 1 N–H and O–H groups in total. The summed E-state index contributed by atoms with van der Waals surface area (Å²) in [5.74, 6) is 0. The first-order valence-electron chi connectivity index (χ1n) is 22.3. The number of carbonyl (C=O) groups is 3. The van der Waals surface area contributed by atoms with Crippen LogP contribution in [0.4, 0.5) is 0 Å². The van der Waals surface area contributed by atoms with Crippen LogP contribution in [0.3, 0.4) is 0 Å². The molecule has 0 bridgehead atoms. The van der Waals surface area contributed by atoms with Crippen LogP contribution in [0.25, 0.3) is 0 Å². The predicted octanol–water partition coefficient (Wildman–Crippen LogP) is 15.1. The van der Waals surface area contributed by atoms with E-state index in [0.29, 0.717) is 19.3 Å². The van der Waals surface area contributed by atoms with Crippen LogP contribution in [0.2, 0.25) is 9.45 Å². The van der Waals surface area contributed by atoms with Crippen LogP contribution < -0.4 is 0 Å². The SMILES string of the molecule is C=C[CH2][Ti](=[O])([CH2]C=C)([O]O)([O]CC(C)(C)C)([C](=O)CCCCCCCC(C)(C)C)([C](=O)CCCCCCCC(C)(C)C)[C](=O)CCCCCCCC(C)(C)C. The van der Waals surface area contributed by atoms with Gasteiger partial charge in [-0.15, -0.1) is 0 Å². The van der Waals surface area contributed by atoms with Crippen LogP contribution in [-0.2, 0) is 36.7 Å². The number of allylic oxidation sites excluding steroid dienone is 2. The third-order valence-corrected chi connectivity index (χ3v) is 32.0. The van der Waals surface area contributed by atoms with Gasteiger partial charge in [0.15, 0.2) is 0 Å². The molecule has 0 spiro atoms. The van der Waals surface area contributed by atoms with Crippen LogP contribution in [0.15, 0.2) is 25.3 Å². The fraction of sp³-hybridized carbons (Fsp3) is 0.851. The van der Waals surface area contributed by atoms with E-state index in [4.69, 9.17) is 6.79 Å². The van der Waals surface area contributed by atoms with Gasteiger partial charge in [0.25, 0.3) is 0 Å². The molecule has 0 saturated carbocycles. The zero-order chi connectivity index (χ0) is 42.9. The number of hydrogen-bond donors (Lipinski definition) is 1. The van der Waals surface area contributed by atoms with Gasteiger partial charge >= 0.3 is 335 Å². The summed E-state index contributed by atoms with van der Waals surface area (Å²) >= 11 is -10.0. The van der Waals surface area contributed by atoms with Gasteiger partial charge in [0.05, 0.1) is 0 Å². The van der Waals surface area contributed by atoms with Crippen molar-refractivity contribution in [3.8, 4) is 0 Å². The number of hydrogen-bond acceptors (Lipinski definition) is 7. The molecule has 0 aromatic heterocycles. The van der Waals surface area contributed by atoms with Crippen molar-refractivity contribution < 1.29 is 42.0 Å². The molecule has 0 rings (SSSR count). The van der Waals surface area contributed by atoms with E-state index in [1.807, 2.05) is 0 Å². The van der Waals surface area contributed by atoms with E-state index < -0.39 is 65.2 Å². The van der Waals surface area contributed by atoms with Crippen molar-refractivity contribution in [2.45, 2.75) is 227 Å². The van der Waals surface area contributed by atoms with Crippen molar-refractivity contribution in [3.63, 3.8) is 0 Å². The minimum atomic E-state index is -10.0. The molecule has 0 amide bonds. The summed E-state index contributed by atoms with van der Waals surface area (Å²) in [4.78, 5) is 47.2. The van der Waals surface area contributed by atoms with Crippen molar-refractivity contribution in [1.29, 1.82) is 0 Å². The second-order valence-electron chi connectivity index (χ2n) is 23.4. The zero-order valence-corrected chi connectivity index (χ0v) is 40.0. The maximum absolute atomic E-state index is 18.0. The summed E-state index contributed by atoms with van der Waals surface area (Å²) < 4.78 is 24.5. The second kappa shape index (κ2) is 18.4. The van der Waals surface area contributed by atoms with Gasteiger partial charge in [-0.3, -0.25) is 0 Å². The summed E-state index contributed by atoms with van der Waals surface area (Å²) in [5, 5.41) is 11.8. The first-order valence-corrected chi connectivity index (χ1v) is 28.7. The Morgan fingerprint density at radius 3 is 0.945 bits per heavy atom. The minimum absolute atomic E-state index is 0.222. The van der Waals surface area contributed by atoms with E-state index in [0.717, 1.165) is 89.2 Å². The molecule has 0 aromatic rings. The average molecular weight is 816 g/mol. The Kier molecular flexibility index (Phi) is 18.1. The van der Waals surface area contributed by atoms with Gasteiger partial charge in [-0.25, -0.2) is 0 Å². The van der Waals surface area contributed by atoms with Crippen LogP contribution in [0, 0.1) is 21.7 Å². The van der Waals surface area contributed by atoms with Gasteiger partial charge in [0.2, 0.25) is 0 Å². The molecule has 0 heterocycles. The summed E-state index contributed by atoms with van der Waals surface area (Å²) in [6.07, 6.45) is 15.3. The van der Waals surface area contributed by atoms with Gasteiger partial charge in [0.1, 0.15) is 0 Å². The fourth-order valence-electron chi connectivity index (χ4n) is 9.10. The Balaban J connectivity index is 7.38. The molecule has 8 heteroatoms. The van der Waals surface area contributed by atoms with Gasteiger partial charge < -0.3 is 0 Å². The first-order chi connectivity index (χ1) is 25.0. The molecule has 0 atom stereocenters. The molecule has 0 saturated heterocycles. The summed E-state index contributed by atoms with van der Waals surface area (Å²) in [7, 11) is 0. The molecule has 325 valence electrons. The summed E-state index contributed by atoms with van der Waals surface area (Å²) in [6, 6.07) is 0. The van der Waals surface area contributed by atoms with E-state index in [9.17, 15) is 5.26 Å². The van der Waals surface area contributed by atoms with Gasteiger partial charge in [-0.05, 0) is 0 Å². The summed E-state index contributed by atoms with van der Waals surface area (Å²) in [6.45, 7) is 32.6. The Morgan fingerprint density at radius 2 is 0.727 bits per heavy atom. The Hall–Kier alpha value is -1.12. The molecular formula is C47H91O7Ti. The van der Waals surface area contributed by atoms with E-state index >= 15 is 17.7 Å². The molecule has 0 aromatic carbocycles. The number of carbonyl (C=O) groups excluding carboxylic acids is 3. The molecule has 55 heavy (non-hydrogen) atoms. The number of unbranched alkanes of at least 4 members (excludes halogenated alkanes) is 12. The average Bonchev–Trinajstić information content (AvgIpc) is 3.05. The first kappa shape index (κ1) is 53.9. The molecule has 7 nitrogen and oxygen atoms in total. The van der Waals surface area contributed by atoms with Crippen LogP contribution >= 0.6 is 0 Å². The van der Waals surface area contributed by atoms with Crippen LogP contribution in [0.5, 0.6) is 0 Å². The zero-order valence-electron chi connectivity index (χ0n) is 38.4. The standard InChI is InChI=1S/3C12H23O.C5H11O.2C3H5.H2O2.O.Ti/c3*1-12(2,3)10-8-6-4-5-7-9-11-13;1-5(2,3)4-6;2*1-3-2;1-2;;/h3*4-10H2,1-3H3;4H2,1-3H3;2*3H,1-2H2;1-2H;;/q;;;-1;;;;;+2/p-1. The molecule has 0 fully saturated rings. The molecule has 0 aliphatic heterocycles. The van der Waals surface area contributed by atoms with E-state index in [1.165, 1.54) is 0 Å². The molecule has 0 aliphatic carbocycles.